The smallest absolute Gasteiger partial charge is 0.191 e. The van der Waals surface area contributed by atoms with Crippen molar-refractivity contribution >= 4 is 41.5 Å². The maximum absolute atomic E-state index is 12.9. The van der Waals surface area contributed by atoms with Crippen LogP contribution in [0.15, 0.2) is 53.5 Å². The molecule has 0 amide bonds. The molecule has 0 spiro atoms. The summed E-state index contributed by atoms with van der Waals surface area (Å²) in [7, 11) is 0. The fourth-order valence-electron chi connectivity index (χ4n) is 2.29. The molecule has 0 bridgehead atoms. The SMILES string of the molecule is CCNC(=NCC(O)c1ccc(F)cc1)NCCc1ccc(Cl)cc1.I. The van der Waals surface area contributed by atoms with Gasteiger partial charge in [-0.3, -0.25) is 4.99 Å². The van der Waals surface area contributed by atoms with Gasteiger partial charge in [-0.05, 0) is 48.7 Å². The first-order valence-electron chi connectivity index (χ1n) is 8.28. The number of hydrogen-bond donors (Lipinski definition) is 3. The topological polar surface area (TPSA) is 56.7 Å². The number of aliphatic hydroxyl groups excluding tert-OH is 1. The Bertz CT molecular complexity index is 680. The van der Waals surface area contributed by atoms with Gasteiger partial charge in [-0.25, -0.2) is 4.39 Å². The Balaban J connectivity index is 0.00000338. The van der Waals surface area contributed by atoms with E-state index in [4.69, 9.17) is 11.6 Å². The molecular weight excluding hydrogens is 468 g/mol. The van der Waals surface area contributed by atoms with E-state index in [1.54, 1.807) is 12.1 Å². The summed E-state index contributed by atoms with van der Waals surface area (Å²) >= 11 is 5.88. The molecule has 0 aliphatic rings. The summed E-state index contributed by atoms with van der Waals surface area (Å²) in [5.74, 6) is 0.314. The van der Waals surface area contributed by atoms with Crippen LogP contribution in [0.4, 0.5) is 4.39 Å². The summed E-state index contributed by atoms with van der Waals surface area (Å²) in [6.45, 7) is 3.61. The highest BCUT2D eigenvalue weighted by molar-refractivity contribution is 14.0. The van der Waals surface area contributed by atoms with Gasteiger partial charge in [0.1, 0.15) is 5.82 Å². The molecule has 0 radical (unpaired) electrons. The van der Waals surface area contributed by atoms with Crippen molar-refractivity contribution in [3.05, 3.63) is 70.5 Å². The molecule has 0 aliphatic carbocycles. The minimum absolute atomic E-state index is 0. The highest BCUT2D eigenvalue weighted by Gasteiger charge is 2.07. The molecule has 142 valence electrons. The number of halogens is 3. The first-order chi connectivity index (χ1) is 12.1. The quantitative estimate of drug-likeness (QED) is 0.313. The summed E-state index contributed by atoms with van der Waals surface area (Å²) in [5, 5.41) is 17.3. The number of aliphatic imine (C=N–C) groups is 1. The zero-order valence-corrected chi connectivity index (χ0v) is 17.7. The second-order valence-corrected chi connectivity index (χ2v) is 6.03. The van der Waals surface area contributed by atoms with E-state index in [-0.39, 0.29) is 36.3 Å². The van der Waals surface area contributed by atoms with Crippen LogP contribution < -0.4 is 10.6 Å². The number of rotatable bonds is 7. The van der Waals surface area contributed by atoms with E-state index in [2.05, 4.69) is 15.6 Å². The largest absolute Gasteiger partial charge is 0.386 e. The molecule has 2 rings (SSSR count). The van der Waals surface area contributed by atoms with Gasteiger partial charge >= 0.3 is 0 Å². The number of nitrogens with zero attached hydrogens (tertiary/aromatic N) is 1. The van der Waals surface area contributed by atoms with Gasteiger partial charge in [0.25, 0.3) is 0 Å². The van der Waals surface area contributed by atoms with Crippen molar-refractivity contribution < 1.29 is 9.50 Å². The number of aliphatic hydroxyl groups is 1. The second kappa shape index (κ2) is 12.1. The third-order valence-electron chi connectivity index (χ3n) is 3.64. The van der Waals surface area contributed by atoms with E-state index in [0.29, 0.717) is 18.1 Å². The number of hydrogen-bond acceptors (Lipinski definition) is 2. The summed E-state index contributed by atoms with van der Waals surface area (Å²) in [4.78, 5) is 4.39. The van der Waals surface area contributed by atoms with Crippen molar-refractivity contribution in [3.63, 3.8) is 0 Å². The Morgan fingerprint density at radius 1 is 1.12 bits per heavy atom. The molecule has 0 aliphatic heterocycles. The predicted octanol–water partition coefficient (Wildman–Crippen LogP) is 3.93. The average molecular weight is 492 g/mol. The monoisotopic (exact) mass is 491 g/mol. The van der Waals surface area contributed by atoms with Crippen LogP contribution >= 0.6 is 35.6 Å². The molecule has 26 heavy (non-hydrogen) atoms. The highest BCUT2D eigenvalue weighted by atomic mass is 127. The molecule has 1 atom stereocenters. The molecule has 0 saturated heterocycles. The minimum atomic E-state index is -0.771. The fourth-order valence-corrected chi connectivity index (χ4v) is 2.41. The van der Waals surface area contributed by atoms with Crippen LogP contribution in [0.3, 0.4) is 0 Å². The Labute approximate surface area is 175 Å². The van der Waals surface area contributed by atoms with Crippen LogP contribution in [0, 0.1) is 5.82 Å². The lowest BCUT2D eigenvalue weighted by Gasteiger charge is -2.13. The van der Waals surface area contributed by atoms with Gasteiger partial charge < -0.3 is 15.7 Å². The maximum atomic E-state index is 12.9. The van der Waals surface area contributed by atoms with Gasteiger partial charge in [-0.15, -0.1) is 24.0 Å². The third kappa shape index (κ3) is 7.88. The van der Waals surface area contributed by atoms with Crippen molar-refractivity contribution in [2.45, 2.75) is 19.4 Å². The van der Waals surface area contributed by atoms with E-state index in [1.807, 2.05) is 31.2 Å². The van der Waals surface area contributed by atoms with E-state index in [1.165, 1.54) is 17.7 Å². The Morgan fingerprint density at radius 3 is 2.38 bits per heavy atom. The summed E-state index contributed by atoms with van der Waals surface area (Å²) in [6, 6.07) is 13.5. The van der Waals surface area contributed by atoms with Crippen LogP contribution in [0.2, 0.25) is 5.02 Å². The molecule has 1 unspecified atom stereocenters. The fraction of sp³-hybridized carbons (Fsp3) is 0.316. The molecule has 0 saturated carbocycles. The van der Waals surface area contributed by atoms with Crippen molar-refractivity contribution in [1.82, 2.24) is 10.6 Å². The highest BCUT2D eigenvalue weighted by Crippen LogP contribution is 2.13. The molecule has 0 heterocycles. The molecule has 2 aromatic carbocycles. The zero-order valence-electron chi connectivity index (χ0n) is 14.6. The van der Waals surface area contributed by atoms with Crippen molar-refractivity contribution in [2.75, 3.05) is 19.6 Å². The van der Waals surface area contributed by atoms with Gasteiger partial charge in [-0.2, -0.15) is 0 Å². The van der Waals surface area contributed by atoms with Crippen LogP contribution in [0.5, 0.6) is 0 Å². The van der Waals surface area contributed by atoms with Crippen molar-refractivity contribution in [2.24, 2.45) is 4.99 Å². The Morgan fingerprint density at radius 2 is 1.77 bits per heavy atom. The zero-order chi connectivity index (χ0) is 18.1. The predicted molar refractivity (Wildman–Crippen MR) is 116 cm³/mol. The van der Waals surface area contributed by atoms with Gasteiger partial charge in [0.15, 0.2) is 5.96 Å². The lowest BCUT2D eigenvalue weighted by atomic mass is 10.1. The Hall–Kier alpha value is -1.38. The average Bonchev–Trinajstić information content (AvgIpc) is 2.61. The van der Waals surface area contributed by atoms with Crippen molar-refractivity contribution in [1.29, 1.82) is 0 Å². The normalized spacial score (nSPS) is 12.2. The van der Waals surface area contributed by atoms with Crippen molar-refractivity contribution in [3.8, 4) is 0 Å². The number of benzene rings is 2. The molecule has 7 heteroatoms. The van der Waals surface area contributed by atoms with Crippen LogP contribution in [-0.4, -0.2) is 30.7 Å². The van der Waals surface area contributed by atoms with Crippen LogP contribution in [0.25, 0.3) is 0 Å². The Kier molecular flexibility index (Phi) is 10.5. The second-order valence-electron chi connectivity index (χ2n) is 5.59. The number of guanidine groups is 1. The van der Waals surface area contributed by atoms with Gasteiger partial charge in [0, 0.05) is 18.1 Å². The summed E-state index contributed by atoms with van der Waals surface area (Å²) in [6.07, 6.45) is 0.0644. The maximum Gasteiger partial charge on any atom is 0.191 e. The number of nitrogens with one attached hydrogen (secondary N) is 2. The molecule has 0 aromatic heterocycles. The van der Waals surface area contributed by atoms with Crippen LogP contribution in [-0.2, 0) is 6.42 Å². The molecule has 4 nitrogen and oxygen atoms in total. The summed E-state index contributed by atoms with van der Waals surface area (Å²) in [5.41, 5.74) is 1.82. The lowest BCUT2D eigenvalue weighted by Crippen LogP contribution is -2.38. The van der Waals surface area contributed by atoms with E-state index >= 15 is 0 Å². The standard InChI is InChI=1S/C19H23ClFN3O.HI/c1-2-22-19(23-12-11-14-3-7-16(20)8-4-14)24-13-18(25)15-5-9-17(21)10-6-15;/h3-10,18,25H,2,11-13H2,1H3,(H2,22,23,24);1H. The van der Waals surface area contributed by atoms with Gasteiger partial charge in [0.2, 0.25) is 0 Å². The third-order valence-corrected chi connectivity index (χ3v) is 3.89. The summed E-state index contributed by atoms with van der Waals surface area (Å²) < 4.78 is 12.9. The molecular formula is C19H24ClFIN3O. The van der Waals surface area contributed by atoms with E-state index in [9.17, 15) is 9.50 Å². The first kappa shape index (κ1) is 22.7. The van der Waals surface area contributed by atoms with Gasteiger partial charge in [-0.1, -0.05) is 35.9 Å². The molecule has 2 aromatic rings. The van der Waals surface area contributed by atoms with E-state index < -0.39 is 6.10 Å². The molecule has 3 N–H and O–H groups in total. The lowest BCUT2D eigenvalue weighted by molar-refractivity contribution is 0.187. The molecule has 0 fully saturated rings. The van der Waals surface area contributed by atoms with E-state index in [0.717, 1.165) is 18.0 Å². The van der Waals surface area contributed by atoms with Gasteiger partial charge in [0.05, 0.1) is 12.6 Å². The first-order valence-corrected chi connectivity index (χ1v) is 8.66. The minimum Gasteiger partial charge on any atom is -0.386 e. The van der Waals surface area contributed by atoms with Crippen LogP contribution in [0.1, 0.15) is 24.2 Å².